The fourth-order valence-corrected chi connectivity index (χ4v) is 6.09. The summed E-state index contributed by atoms with van der Waals surface area (Å²) in [5.41, 5.74) is 7.78. The molecule has 6 nitrogen and oxygen atoms in total. The van der Waals surface area contributed by atoms with Gasteiger partial charge in [0.25, 0.3) is 0 Å². The number of nitriles is 1. The standard InChI is InChI=1S/C23H24FN5OS2/c1-4-9-31-22-28-27-21(32-22)29-16-10-23(2,3)11-17(30)19(16)18(14(12-25)20(29)26)13-7-5-6-8-15(13)24/h5-8,18H,4,9-11,26H2,1-3H3. The van der Waals surface area contributed by atoms with Crippen LogP contribution < -0.4 is 10.6 Å². The lowest BCUT2D eigenvalue weighted by Crippen LogP contribution is -2.42. The van der Waals surface area contributed by atoms with Crippen LogP contribution in [0, 0.1) is 22.6 Å². The number of halogens is 1. The third-order valence-electron chi connectivity index (χ3n) is 5.61. The van der Waals surface area contributed by atoms with Gasteiger partial charge in [0.15, 0.2) is 10.1 Å². The van der Waals surface area contributed by atoms with Crippen LogP contribution >= 0.6 is 23.1 Å². The Bertz CT molecular complexity index is 1180. The summed E-state index contributed by atoms with van der Waals surface area (Å²) in [4.78, 5) is 15.1. The monoisotopic (exact) mass is 469 g/mol. The average molecular weight is 470 g/mol. The molecule has 0 saturated carbocycles. The van der Waals surface area contributed by atoms with E-state index in [1.807, 2.05) is 13.8 Å². The first-order valence-electron chi connectivity index (χ1n) is 10.4. The molecule has 166 valence electrons. The van der Waals surface area contributed by atoms with Gasteiger partial charge in [-0.25, -0.2) is 4.39 Å². The van der Waals surface area contributed by atoms with Crippen molar-refractivity contribution < 1.29 is 9.18 Å². The molecule has 0 fully saturated rings. The number of benzene rings is 1. The molecule has 2 aromatic rings. The molecule has 1 unspecified atom stereocenters. The number of thioether (sulfide) groups is 1. The predicted octanol–water partition coefficient (Wildman–Crippen LogP) is 5.12. The molecule has 1 atom stereocenters. The Hall–Kier alpha value is -2.70. The quantitative estimate of drug-likeness (QED) is 0.607. The third-order valence-corrected chi connectivity index (χ3v) is 7.86. The van der Waals surface area contributed by atoms with Crippen LogP contribution in [0.15, 0.2) is 51.3 Å². The number of Topliss-reactive ketones (excluding diaryl/α,β-unsaturated/α-hetero) is 1. The topological polar surface area (TPSA) is 95.9 Å². The lowest BCUT2D eigenvalue weighted by molar-refractivity contribution is -0.118. The zero-order valence-electron chi connectivity index (χ0n) is 18.2. The summed E-state index contributed by atoms with van der Waals surface area (Å²) < 4.78 is 15.6. The molecule has 0 saturated heterocycles. The Morgan fingerprint density at radius 2 is 2.09 bits per heavy atom. The number of anilines is 1. The maximum absolute atomic E-state index is 14.8. The first-order chi connectivity index (χ1) is 15.3. The van der Waals surface area contributed by atoms with E-state index in [0.29, 0.717) is 29.2 Å². The second-order valence-corrected chi connectivity index (χ2v) is 11.0. The maximum atomic E-state index is 14.8. The number of ketones is 1. The number of carbonyl (C=O) groups is 1. The first kappa shape index (κ1) is 22.5. The van der Waals surface area contributed by atoms with E-state index in [-0.39, 0.29) is 28.2 Å². The molecule has 1 aliphatic heterocycles. The van der Waals surface area contributed by atoms with E-state index >= 15 is 0 Å². The van der Waals surface area contributed by atoms with Gasteiger partial charge >= 0.3 is 0 Å². The van der Waals surface area contributed by atoms with Gasteiger partial charge < -0.3 is 5.73 Å². The van der Waals surface area contributed by atoms with Gasteiger partial charge in [-0.15, -0.1) is 10.2 Å². The molecule has 0 radical (unpaired) electrons. The SMILES string of the molecule is CCCSc1nnc(N2C(N)=C(C#N)C(c3ccccc3F)C3=C2CC(C)(C)CC3=O)s1. The molecule has 0 spiro atoms. The van der Waals surface area contributed by atoms with Crippen molar-refractivity contribution >= 4 is 34.0 Å². The number of hydrogen-bond donors (Lipinski definition) is 1. The van der Waals surface area contributed by atoms with Gasteiger partial charge in [-0.3, -0.25) is 9.69 Å². The smallest absolute Gasteiger partial charge is 0.219 e. The minimum absolute atomic E-state index is 0.0974. The van der Waals surface area contributed by atoms with Crippen LogP contribution in [-0.4, -0.2) is 21.7 Å². The van der Waals surface area contributed by atoms with Gasteiger partial charge in [-0.2, -0.15) is 5.26 Å². The molecule has 1 aliphatic carbocycles. The molecule has 32 heavy (non-hydrogen) atoms. The van der Waals surface area contributed by atoms with E-state index in [4.69, 9.17) is 5.73 Å². The van der Waals surface area contributed by atoms with Crippen LogP contribution in [0.2, 0.25) is 0 Å². The van der Waals surface area contributed by atoms with E-state index < -0.39 is 11.7 Å². The number of nitrogens with two attached hydrogens (primary N) is 1. The van der Waals surface area contributed by atoms with Crippen molar-refractivity contribution in [2.24, 2.45) is 11.1 Å². The Balaban J connectivity index is 1.93. The summed E-state index contributed by atoms with van der Waals surface area (Å²) in [6, 6.07) is 8.40. The second-order valence-electron chi connectivity index (χ2n) is 8.70. The summed E-state index contributed by atoms with van der Waals surface area (Å²) in [5, 5.41) is 19.1. The van der Waals surface area contributed by atoms with Gasteiger partial charge in [0.1, 0.15) is 11.6 Å². The van der Waals surface area contributed by atoms with Crippen molar-refractivity contribution in [3.8, 4) is 6.07 Å². The molecule has 0 amide bonds. The summed E-state index contributed by atoms with van der Waals surface area (Å²) >= 11 is 2.98. The molecule has 2 heterocycles. The van der Waals surface area contributed by atoms with E-state index in [1.54, 1.807) is 34.9 Å². The molecule has 2 N–H and O–H groups in total. The lowest BCUT2D eigenvalue weighted by atomic mass is 9.68. The van der Waals surface area contributed by atoms with Crippen LogP contribution in [0.5, 0.6) is 0 Å². The first-order valence-corrected chi connectivity index (χ1v) is 12.2. The normalized spacial score (nSPS) is 20.4. The summed E-state index contributed by atoms with van der Waals surface area (Å²) in [6.07, 6.45) is 1.87. The van der Waals surface area contributed by atoms with Gasteiger partial charge in [0.2, 0.25) is 5.13 Å². The van der Waals surface area contributed by atoms with E-state index in [2.05, 4.69) is 23.2 Å². The number of nitrogens with zero attached hydrogens (tertiary/aromatic N) is 4. The largest absolute Gasteiger partial charge is 0.384 e. The summed E-state index contributed by atoms with van der Waals surface area (Å²) in [6.45, 7) is 6.13. The lowest BCUT2D eigenvalue weighted by Gasteiger charge is -2.42. The average Bonchev–Trinajstić information content (AvgIpc) is 3.19. The molecular weight excluding hydrogens is 445 g/mol. The molecule has 1 aromatic carbocycles. The Kier molecular flexibility index (Phi) is 6.10. The molecule has 1 aromatic heterocycles. The Morgan fingerprint density at radius 1 is 1.34 bits per heavy atom. The molecule has 9 heteroatoms. The van der Waals surface area contributed by atoms with E-state index in [1.165, 1.54) is 17.4 Å². The van der Waals surface area contributed by atoms with Gasteiger partial charge in [-0.05, 0) is 24.3 Å². The minimum atomic E-state index is -0.835. The van der Waals surface area contributed by atoms with Crippen molar-refractivity contribution in [3.63, 3.8) is 0 Å². The van der Waals surface area contributed by atoms with Crippen molar-refractivity contribution in [1.82, 2.24) is 10.2 Å². The number of rotatable bonds is 5. The number of carbonyl (C=O) groups excluding carboxylic acids is 1. The Labute approximate surface area is 195 Å². The number of allylic oxidation sites excluding steroid dienone is 3. The zero-order chi connectivity index (χ0) is 23.0. The summed E-state index contributed by atoms with van der Waals surface area (Å²) in [5.74, 6) is -0.311. The number of hydrogen-bond acceptors (Lipinski definition) is 8. The summed E-state index contributed by atoms with van der Waals surface area (Å²) in [7, 11) is 0. The van der Waals surface area contributed by atoms with Gasteiger partial charge in [0, 0.05) is 29.0 Å². The predicted molar refractivity (Wildman–Crippen MR) is 124 cm³/mol. The fourth-order valence-electron chi connectivity index (χ4n) is 4.29. The van der Waals surface area contributed by atoms with Crippen molar-refractivity contribution in [2.45, 2.75) is 50.3 Å². The van der Waals surface area contributed by atoms with Crippen molar-refractivity contribution in [3.05, 3.63) is 58.3 Å². The third kappa shape index (κ3) is 3.93. The van der Waals surface area contributed by atoms with E-state index in [0.717, 1.165) is 16.5 Å². The van der Waals surface area contributed by atoms with Crippen LogP contribution in [-0.2, 0) is 4.79 Å². The highest BCUT2D eigenvalue weighted by molar-refractivity contribution is 8.01. The molecule has 4 rings (SSSR count). The van der Waals surface area contributed by atoms with Crippen molar-refractivity contribution in [1.29, 1.82) is 5.26 Å². The van der Waals surface area contributed by atoms with Gasteiger partial charge in [-0.1, -0.05) is 62.1 Å². The van der Waals surface area contributed by atoms with Gasteiger partial charge in [0.05, 0.1) is 17.6 Å². The molecular formula is C23H24FN5OS2. The van der Waals surface area contributed by atoms with Crippen LogP contribution in [0.3, 0.4) is 0 Å². The van der Waals surface area contributed by atoms with Crippen LogP contribution in [0.4, 0.5) is 9.52 Å². The maximum Gasteiger partial charge on any atom is 0.219 e. The Morgan fingerprint density at radius 3 is 2.78 bits per heavy atom. The highest BCUT2D eigenvalue weighted by Gasteiger charge is 2.46. The van der Waals surface area contributed by atoms with Crippen LogP contribution in [0.25, 0.3) is 0 Å². The van der Waals surface area contributed by atoms with Crippen molar-refractivity contribution in [2.75, 3.05) is 10.7 Å². The number of aromatic nitrogens is 2. The molecule has 2 aliphatic rings. The fraction of sp³-hybridized carbons (Fsp3) is 0.391. The highest BCUT2D eigenvalue weighted by Crippen LogP contribution is 2.51. The van der Waals surface area contributed by atoms with Crippen LogP contribution in [0.1, 0.15) is 51.5 Å². The molecule has 0 bridgehead atoms. The van der Waals surface area contributed by atoms with E-state index in [9.17, 15) is 14.4 Å². The minimum Gasteiger partial charge on any atom is -0.384 e. The zero-order valence-corrected chi connectivity index (χ0v) is 19.8. The second kappa shape index (κ2) is 8.68. The highest BCUT2D eigenvalue weighted by atomic mass is 32.2.